The second-order valence-electron chi connectivity index (χ2n) is 5.53. The number of piperazine rings is 1. The fourth-order valence-electron chi connectivity index (χ4n) is 2.58. The minimum absolute atomic E-state index is 0.105. The van der Waals surface area contributed by atoms with Crippen LogP contribution in [0.2, 0.25) is 0 Å². The summed E-state index contributed by atoms with van der Waals surface area (Å²) in [5, 5.41) is 9.53. The zero-order valence-electron chi connectivity index (χ0n) is 11.8. The Kier molecular flexibility index (Phi) is 6.08. The highest BCUT2D eigenvalue weighted by molar-refractivity contribution is 4.83. The van der Waals surface area contributed by atoms with Crippen LogP contribution in [0.5, 0.6) is 0 Å². The number of halogens is 3. The van der Waals surface area contributed by atoms with Crippen molar-refractivity contribution in [1.82, 2.24) is 9.80 Å². The van der Waals surface area contributed by atoms with E-state index in [9.17, 15) is 18.3 Å². The average molecular weight is 282 g/mol. The molecule has 0 aromatic heterocycles. The highest BCUT2D eigenvalue weighted by atomic mass is 19.4. The van der Waals surface area contributed by atoms with Gasteiger partial charge in [-0.2, -0.15) is 13.2 Å². The van der Waals surface area contributed by atoms with Crippen molar-refractivity contribution < 1.29 is 18.3 Å². The smallest absolute Gasteiger partial charge is 0.396 e. The van der Waals surface area contributed by atoms with E-state index in [1.807, 2.05) is 0 Å². The Balaban J connectivity index is 2.41. The molecule has 0 saturated carbocycles. The molecule has 1 rings (SSSR count). The summed E-state index contributed by atoms with van der Waals surface area (Å²) in [6.07, 6.45) is -2.32. The van der Waals surface area contributed by atoms with Crippen molar-refractivity contribution >= 4 is 0 Å². The lowest BCUT2D eigenvalue weighted by Crippen LogP contribution is -2.52. The van der Waals surface area contributed by atoms with Gasteiger partial charge in [0.05, 0.1) is 6.54 Å². The molecule has 1 saturated heterocycles. The molecule has 1 aliphatic rings. The van der Waals surface area contributed by atoms with Gasteiger partial charge in [-0.05, 0) is 12.8 Å². The van der Waals surface area contributed by atoms with E-state index in [-0.39, 0.29) is 12.0 Å². The fourth-order valence-corrected chi connectivity index (χ4v) is 2.58. The van der Waals surface area contributed by atoms with Crippen LogP contribution < -0.4 is 0 Å². The van der Waals surface area contributed by atoms with Gasteiger partial charge in [0.15, 0.2) is 0 Å². The molecule has 0 aliphatic carbocycles. The maximum Gasteiger partial charge on any atom is 0.401 e. The molecule has 0 radical (unpaired) electrons. The zero-order chi connectivity index (χ0) is 14.5. The number of nitrogens with zero attached hydrogens (tertiary/aromatic N) is 2. The summed E-state index contributed by atoms with van der Waals surface area (Å²) in [7, 11) is 0. The lowest BCUT2D eigenvalue weighted by Gasteiger charge is -2.40. The van der Waals surface area contributed by atoms with Gasteiger partial charge in [-0.25, -0.2) is 0 Å². The molecule has 1 fully saturated rings. The maximum atomic E-state index is 12.3. The van der Waals surface area contributed by atoms with Gasteiger partial charge in [-0.3, -0.25) is 4.90 Å². The van der Waals surface area contributed by atoms with Crippen molar-refractivity contribution in [3.8, 4) is 0 Å². The molecule has 0 amide bonds. The predicted octanol–water partition coefficient (Wildman–Crippen LogP) is 1.97. The van der Waals surface area contributed by atoms with E-state index in [0.717, 1.165) is 19.4 Å². The Morgan fingerprint density at radius 3 is 1.63 bits per heavy atom. The standard InChI is InChI=1S/C13H25F3N2O/c1-3-12(4-2,11-19)9-17-5-7-18(8-6-17)10-13(14,15)16/h19H,3-11H2,1-2H3. The van der Waals surface area contributed by atoms with Gasteiger partial charge in [0, 0.05) is 44.7 Å². The Hall–Kier alpha value is -0.330. The predicted molar refractivity (Wildman–Crippen MR) is 69.0 cm³/mol. The van der Waals surface area contributed by atoms with Gasteiger partial charge in [-0.1, -0.05) is 13.8 Å². The van der Waals surface area contributed by atoms with Gasteiger partial charge < -0.3 is 10.0 Å². The van der Waals surface area contributed by atoms with Crippen LogP contribution in [0.15, 0.2) is 0 Å². The second kappa shape index (κ2) is 6.90. The zero-order valence-corrected chi connectivity index (χ0v) is 11.8. The first-order valence-electron chi connectivity index (χ1n) is 6.96. The van der Waals surface area contributed by atoms with E-state index >= 15 is 0 Å². The number of aliphatic hydroxyl groups is 1. The minimum Gasteiger partial charge on any atom is -0.396 e. The average Bonchev–Trinajstić information content (AvgIpc) is 2.37. The highest BCUT2D eigenvalue weighted by Gasteiger charge is 2.34. The molecule has 0 unspecified atom stereocenters. The van der Waals surface area contributed by atoms with Crippen LogP contribution in [0.1, 0.15) is 26.7 Å². The molecule has 6 heteroatoms. The SMILES string of the molecule is CCC(CC)(CO)CN1CCN(CC(F)(F)F)CC1. The maximum absolute atomic E-state index is 12.3. The van der Waals surface area contributed by atoms with Crippen molar-refractivity contribution in [1.29, 1.82) is 0 Å². The van der Waals surface area contributed by atoms with E-state index < -0.39 is 12.7 Å². The second-order valence-corrected chi connectivity index (χ2v) is 5.53. The summed E-state index contributed by atoms with van der Waals surface area (Å²) in [5.74, 6) is 0. The molecule has 0 aromatic carbocycles. The minimum atomic E-state index is -4.11. The molecule has 0 spiro atoms. The van der Waals surface area contributed by atoms with Crippen LogP contribution in [0.3, 0.4) is 0 Å². The molecule has 114 valence electrons. The summed E-state index contributed by atoms with van der Waals surface area (Å²) in [5.41, 5.74) is -0.105. The summed E-state index contributed by atoms with van der Waals surface area (Å²) >= 11 is 0. The summed E-state index contributed by atoms with van der Waals surface area (Å²) < 4.78 is 36.9. The van der Waals surface area contributed by atoms with Gasteiger partial charge in [0.1, 0.15) is 0 Å². The molecule has 1 heterocycles. The lowest BCUT2D eigenvalue weighted by molar-refractivity contribution is -0.149. The van der Waals surface area contributed by atoms with Crippen molar-refractivity contribution in [2.45, 2.75) is 32.9 Å². The van der Waals surface area contributed by atoms with Gasteiger partial charge in [0.2, 0.25) is 0 Å². The van der Waals surface area contributed by atoms with Gasteiger partial charge >= 0.3 is 6.18 Å². The quantitative estimate of drug-likeness (QED) is 0.807. The van der Waals surface area contributed by atoms with Gasteiger partial charge in [0.25, 0.3) is 0 Å². The first-order chi connectivity index (χ1) is 8.84. The van der Waals surface area contributed by atoms with Crippen LogP contribution in [0.4, 0.5) is 13.2 Å². The Bertz CT molecular complexity index is 251. The first kappa shape index (κ1) is 16.7. The summed E-state index contributed by atoms with van der Waals surface area (Å²) in [4.78, 5) is 3.63. The summed E-state index contributed by atoms with van der Waals surface area (Å²) in [6.45, 7) is 6.42. The molecular formula is C13H25F3N2O. The largest absolute Gasteiger partial charge is 0.401 e. The van der Waals surface area contributed by atoms with E-state index in [4.69, 9.17) is 0 Å². The topological polar surface area (TPSA) is 26.7 Å². The number of hydrogen-bond acceptors (Lipinski definition) is 3. The monoisotopic (exact) mass is 282 g/mol. The van der Waals surface area contributed by atoms with Crippen LogP contribution in [-0.4, -0.2) is 67.0 Å². The Morgan fingerprint density at radius 2 is 1.32 bits per heavy atom. The molecule has 1 N–H and O–H groups in total. The molecule has 3 nitrogen and oxygen atoms in total. The Morgan fingerprint density at radius 1 is 0.895 bits per heavy atom. The van der Waals surface area contributed by atoms with Crippen molar-refractivity contribution in [2.24, 2.45) is 5.41 Å². The van der Waals surface area contributed by atoms with Crippen molar-refractivity contribution in [3.05, 3.63) is 0 Å². The third-order valence-corrected chi connectivity index (χ3v) is 4.26. The third-order valence-electron chi connectivity index (χ3n) is 4.26. The molecule has 19 heavy (non-hydrogen) atoms. The number of rotatable bonds is 6. The number of hydrogen-bond donors (Lipinski definition) is 1. The lowest BCUT2D eigenvalue weighted by atomic mass is 9.82. The van der Waals surface area contributed by atoms with Crippen molar-refractivity contribution in [3.63, 3.8) is 0 Å². The molecule has 0 aromatic rings. The normalized spacial score (nSPS) is 19.9. The molecular weight excluding hydrogens is 257 g/mol. The third kappa shape index (κ3) is 5.28. The number of alkyl halides is 3. The first-order valence-corrected chi connectivity index (χ1v) is 6.96. The van der Waals surface area contributed by atoms with E-state index in [1.54, 1.807) is 0 Å². The highest BCUT2D eigenvalue weighted by Crippen LogP contribution is 2.27. The number of aliphatic hydroxyl groups excluding tert-OH is 1. The van der Waals surface area contributed by atoms with E-state index in [1.165, 1.54) is 4.90 Å². The van der Waals surface area contributed by atoms with Crippen LogP contribution in [0, 0.1) is 5.41 Å². The van der Waals surface area contributed by atoms with Gasteiger partial charge in [-0.15, -0.1) is 0 Å². The van der Waals surface area contributed by atoms with E-state index in [2.05, 4.69) is 18.7 Å². The molecule has 1 aliphatic heterocycles. The molecule has 0 atom stereocenters. The fraction of sp³-hybridized carbons (Fsp3) is 1.00. The summed E-state index contributed by atoms with van der Waals surface area (Å²) in [6, 6.07) is 0. The molecule has 0 bridgehead atoms. The Labute approximate surface area is 113 Å². The van der Waals surface area contributed by atoms with Crippen LogP contribution in [0.25, 0.3) is 0 Å². The van der Waals surface area contributed by atoms with Crippen LogP contribution >= 0.6 is 0 Å². The van der Waals surface area contributed by atoms with E-state index in [0.29, 0.717) is 26.2 Å². The van der Waals surface area contributed by atoms with Crippen LogP contribution in [-0.2, 0) is 0 Å². The van der Waals surface area contributed by atoms with Crippen molar-refractivity contribution in [2.75, 3.05) is 45.9 Å².